The highest BCUT2D eigenvalue weighted by atomic mass is 32.2. The highest BCUT2D eigenvalue weighted by Gasteiger charge is 2.25. The Bertz CT molecular complexity index is 792. The maximum atomic E-state index is 13.9. The summed E-state index contributed by atoms with van der Waals surface area (Å²) in [7, 11) is 0. The van der Waals surface area contributed by atoms with Crippen molar-refractivity contribution in [3.05, 3.63) is 63.6 Å². The molecule has 1 saturated heterocycles. The molecule has 1 N–H and O–H groups in total. The van der Waals surface area contributed by atoms with Gasteiger partial charge < -0.3 is 4.90 Å². The van der Waals surface area contributed by atoms with Gasteiger partial charge in [0.2, 0.25) is 0 Å². The van der Waals surface area contributed by atoms with Crippen LogP contribution in [0.15, 0.2) is 35.1 Å². The molecular formula is C16H15F2N3O2S. The Hall–Kier alpha value is -2.22. The molecule has 2 heterocycles. The second-order valence-corrected chi connectivity index (χ2v) is 6.72. The smallest absolute Gasteiger partial charge is 0.274 e. The molecule has 1 fully saturated rings. The van der Waals surface area contributed by atoms with Crippen molar-refractivity contribution in [1.29, 1.82) is 0 Å². The van der Waals surface area contributed by atoms with E-state index in [9.17, 15) is 18.4 Å². The fourth-order valence-corrected chi connectivity index (χ4v) is 3.85. The number of carbonyl (C=O) groups excluding carboxylic acids is 1. The number of aromatic nitrogens is 2. The molecule has 126 valence electrons. The number of H-pyrrole nitrogens is 1. The number of hydrogen-bond donors (Lipinski definition) is 1. The predicted molar refractivity (Wildman–Crippen MR) is 86.9 cm³/mol. The molecule has 0 bridgehead atoms. The van der Waals surface area contributed by atoms with E-state index in [2.05, 4.69) is 10.2 Å². The predicted octanol–water partition coefficient (Wildman–Crippen LogP) is 2.37. The molecule has 1 aliphatic heterocycles. The number of thioether (sulfide) groups is 1. The van der Waals surface area contributed by atoms with Crippen LogP contribution in [0.5, 0.6) is 0 Å². The first-order valence-electron chi connectivity index (χ1n) is 7.46. The number of hydrogen-bond acceptors (Lipinski definition) is 4. The first-order chi connectivity index (χ1) is 11.5. The maximum absolute atomic E-state index is 13.9. The summed E-state index contributed by atoms with van der Waals surface area (Å²) in [4.78, 5) is 25.1. The fraction of sp³-hybridized carbons (Fsp3) is 0.312. The lowest BCUT2D eigenvalue weighted by molar-refractivity contribution is 0.0759. The molecule has 3 rings (SSSR count). The lowest BCUT2D eigenvalue weighted by Crippen LogP contribution is -2.34. The van der Waals surface area contributed by atoms with E-state index in [0.717, 1.165) is 12.1 Å². The quantitative estimate of drug-likeness (QED) is 0.902. The van der Waals surface area contributed by atoms with Crippen LogP contribution in [-0.4, -0.2) is 39.8 Å². The Morgan fingerprint density at radius 1 is 1.25 bits per heavy atom. The molecule has 0 radical (unpaired) electrons. The Morgan fingerprint density at radius 2 is 2.08 bits per heavy atom. The van der Waals surface area contributed by atoms with Crippen molar-refractivity contribution in [2.45, 2.75) is 11.7 Å². The van der Waals surface area contributed by atoms with Gasteiger partial charge in [-0.2, -0.15) is 16.9 Å². The number of rotatable bonds is 2. The number of halogens is 2. The second kappa shape index (κ2) is 7.12. The van der Waals surface area contributed by atoms with Crippen LogP contribution >= 0.6 is 11.8 Å². The summed E-state index contributed by atoms with van der Waals surface area (Å²) in [5.41, 5.74) is 0.117. The third-order valence-corrected chi connectivity index (χ3v) is 5.14. The van der Waals surface area contributed by atoms with Crippen LogP contribution in [-0.2, 0) is 0 Å². The van der Waals surface area contributed by atoms with E-state index in [1.165, 1.54) is 30.0 Å². The monoisotopic (exact) mass is 351 g/mol. The second-order valence-electron chi connectivity index (χ2n) is 5.41. The van der Waals surface area contributed by atoms with Gasteiger partial charge >= 0.3 is 0 Å². The normalized spacial score (nSPS) is 18.2. The van der Waals surface area contributed by atoms with E-state index in [1.807, 2.05) is 0 Å². The summed E-state index contributed by atoms with van der Waals surface area (Å²) in [5, 5.41) is 5.77. The summed E-state index contributed by atoms with van der Waals surface area (Å²) in [5.74, 6) is -0.583. The van der Waals surface area contributed by atoms with Crippen molar-refractivity contribution in [3.8, 4) is 0 Å². The molecule has 1 amide bonds. The summed E-state index contributed by atoms with van der Waals surface area (Å²) >= 11 is 1.50. The van der Waals surface area contributed by atoms with Crippen LogP contribution in [0.25, 0.3) is 0 Å². The van der Waals surface area contributed by atoms with Crippen LogP contribution in [0, 0.1) is 11.6 Å². The molecule has 0 saturated carbocycles. The number of aromatic amines is 1. The highest BCUT2D eigenvalue weighted by Crippen LogP contribution is 2.36. The van der Waals surface area contributed by atoms with Crippen LogP contribution < -0.4 is 5.56 Å². The maximum Gasteiger partial charge on any atom is 0.274 e. The third kappa shape index (κ3) is 3.64. The van der Waals surface area contributed by atoms with Gasteiger partial charge in [0.05, 0.1) is 0 Å². The minimum atomic E-state index is -0.471. The van der Waals surface area contributed by atoms with E-state index in [-0.39, 0.29) is 22.4 Å². The van der Waals surface area contributed by atoms with E-state index in [1.54, 1.807) is 4.90 Å². The summed E-state index contributed by atoms with van der Waals surface area (Å²) < 4.78 is 27.3. The van der Waals surface area contributed by atoms with Gasteiger partial charge in [0.15, 0.2) is 0 Å². The van der Waals surface area contributed by atoms with Crippen molar-refractivity contribution in [3.63, 3.8) is 0 Å². The van der Waals surface area contributed by atoms with Gasteiger partial charge in [0.1, 0.15) is 17.3 Å². The summed E-state index contributed by atoms with van der Waals surface area (Å²) in [6, 6.07) is 6.07. The van der Waals surface area contributed by atoms with E-state index in [0.29, 0.717) is 30.8 Å². The molecule has 1 aliphatic rings. The first-order valence-corrected chi connectivity index (χ1v) is 8.51. The van der Waals surface area contributed by atoms with Gasteiger partial charge in [0, 0.05) is 35.7 Å². The zero-order chi connectivity index (χ0) is 17.1. The number of carbonyl (C=O) groups is 1. The van der Waals surface area contributed by atoms with Crippen molar-refractivity contribution >= 4 is 17.7 Å². The van der Waals surface area contributed by atoms with E-state index >= 15 is 0 Å². The fourth-order valence-electron chi connectivity index (χ4n) is 2.61. The van der Waals surface area contributed by atoms with Crippen LogP contribution in [0.4, 0.5) is 8.78 Å². The molecule has 0 aliphatic carbocycles. The first kappa shape index (κ1) is 16.6. The Labute approximate surface area is 141 Å². The molecule has 1 aromatic heterocycles. The third-order valence-electron chi connectivity index (χ3n) is 3.83. The van der Waals surface area contributed by atoms with Crippen molar-refractivity contribution < 1.29 is 13.6 Å². The SMILES string of the molecule is O=C(c1ccc(=O)[nH]n1)N1CCSC(c2cc(F)ccc2F)CC1. The summed E-state index contributed by atoms with van der Waals surface area (Å²) in [6.07, 6.45) is 0.514. The summed E-state index contributed by atoms with van der Waals surface area (Å²) in [6.45, 7) is 0.894. The van der Waals surface area contributed by atoms with Gasteiger partial charge in [-0.25, -0.2) is 13.9 Å². The largest absolute Gasteiger partial charge is 0.336 e. The molecule has 1 unspecified atom stereocenters. The van der Waals surface area contributed by atoms with Gasteiger partial charge in [-0.3, -0.25) is 9.59 Å². The van der Waals surface area contributed by atoms with Gasteiger partial charge in [-0.15, -0.1) is 0 Å². The van der Waals surface area contributed by atoms with Crippen LogP contribution in [0.3, 0.4) is 0 Å². The Morgan fingerprint density at radius 3 is 2.83 bits per heavy atom. The Balaban J connectivity index is 1.73. The molecule has 1 aromatic carbocycles. The Kier molecular flexibility index (Phi) is 4.94. The van der Waals surface area contributed by atoms with Crippen molar-refractivity contribution in [1.82, 2.24) is 15.1 Å². The van der Waals surface area contributed by atoms with Crippen LogP contribution in [0.2, 0.25) is 0 Å². The zero-order valence-corrected chi connectivity index (χ0v) is 13.5. The number of amides is 1. The number of nitrogens with zero attached hydrogens (tertiary/aromatic N) is 2. The van der Waals surface area contributed by atoms with Crippen molar-refractivity contribution in [2.75, 3.05) is 18.8 Å². The van der Waals surface area contributed by atoms with Gasteiger partial charge in [-0.1, -0.05) is 0 Å². The lowest BCUT2D eigenvalue weighted by atomic mass is 10.1. The van der Waals surface area contributed by atoms with Crippen molar-refractivity contribution in [2.24, 2.45) is 0 Å². The molecule has 8 heteroatoms. The molecular weight excluding hydrogens is 336 g/mol. The lowest BCUT2D eigenvalue weighted by Gasteiger charge is -2.19. The molecule has 0 spiro atoms. The van der Waals surface area contributed by atoms with Gasteiger partial charge in [0.25, 0.3) is 11.5 Å². The standard InChI is InChI=1S/C16H15F2N3O2S/c17-10-1-2-12(18)11(9-10)14-5-6-21(7-8-24-14)16(23)13-3-4-15(22)20-19-13/h1-4,9,14H,5-8H2,(H,20,22). The molecule has 2 aromatic rings. The molecule has 5 nitrogen and oxygen atoms in total. The number of benzene rings is 1. The van der Waals surface area contributed by atoms with Crippen LogP contribution in [0.1, 0.15) is 27.7 Å². The average Bonchev–Trinajstić information content (AvgIpc) is 2.83. The minimum Gasteiger partial charge on any atom is -0.336 e. The van der Waals surface area contributed by atoms with E-state index < -0.39 is 11.6 Å². The zero-order valence-electron chi connectivity index (χ0n) is 12.7. The minimum absolute atomic E-state index is 0.162. The highest BCUT2D eigenvalue weighted by molar-refractivity contribution is 7.99. The average molecular weight is 351 g/mol. The molecule has 24 heavy (non-hydrogen) atoms. The molecule has 1 atom stereocenters. The number of nitrogens with one attached hydrogen (secondary N) is 1. The van der Waals surface area contributed by atoms with E-state index in [4.69, 9.17) is 0 Å². The topological polar surface area (TPSA) is 66.1 Å². The van der Waals surface area contributed by atoms with Gasteiger partial charge in [-0.05, 0) is 30.7 Å².